The van der Waals surface area contributed by atoms with Crippen LogP contribution in [0.1, 0.15) is 0 Å². The lowest BCUT2D eigenvalue weighted by molar-refractivity contribution is 1.58. The van der Waals surface area contributed by atoms with Crippen molar-refractivity contribution in [3.8, 4) is 11.1 Å². The highest BCUT2D eigenvalue weighted by atomic mass is 28.3. The van der Waals surface area contributed by atoms with Crippen molar-refractivity contribution in [2.75, 3.05) is 0 Å². The molecule has 2 heteroatoms. The summed E-state index contributed by atoms with van der Waals surface area (Å²) in [6.45, 7) is 12.8. The van der Waals surface area contributed by atoms with Crippen LogP contribution in [0, 0.1) is 11.1 Å². The van der Waals surface area contributed by atoms with Crippen LogP contribution in [0.4, 0.5) is 0 Å². The predicted molar refractivity (Wildman–Crippen MR) is 57.7 cm³/mol. The minimum absolute atomic E-state index is 0.346. The lowest BCUT2D eigenvalue weighted by Gasteiger charge is -2.10. The van der Waals surface area contributed by atoms with Gasteiger partial charge in [-0.15, -0.1) is 17.7 Å². The molecule has 0 spiro atoms. The Kier molecular flexibility index (Phi) is 4.47. The van der Waals surface area contributed by atoms with E-state index in [2.05, 4.69) is 43.9 Å². The van der Waals surface area contributed by atoms with Crippen LogP contribution in [0.3, 0.4) is 0 Å². The Morgan fingerprint density at radius 1 is 1.45 bits per heavy atom. The Morgan fingerprint density at radius 2 is 2.00 bits per heavy atom. The molecule has 11 heavy (non-hydrogen) atoms. The molecule has 0 saturated carbocycles. The monoisotopic (exact) mass is 181 g/mol. The van der Waals surface area contributed by atoms with E-state index in [9.17, 15) is 0 Å². The first-order chi connectivity index (χ1) is 4.98. The SMILES string of the molecule is C=CC[Si](C)(C)C#C[Si](C)C. The lowest BCUT2D eigenvalue weighted by atomic mass is 10.8. The Morgan fingerprint density at radius 3 is 2.36 bits per heavy atom. The molecule has 0 aliphatic heterocycles. The van der Waals surface area contributed by atoms with Gasteiger partial charge in [0.05, 0.1) is 0 Å². The zero-order chi connectivity index (χ0) is 8.91. The molecule has 0 N–H and O–H groups in total. The van der Waals surface area contributed by atoms with Gasteiger partial charge in [0.2, 0.25) is 0 Å². The summed E-state index contributed by atoms with van der Waals surface area (Å²) in [5.74, 6) is 0. The summed E-state index contributed by atoms with van der Waals surface area (Å²) in [4.78, 5) is 0. The first-order valence-corrected chi connectivity index (χ1v) is 9.63. The van der Waals surface area contributed by atoms with Gasteiger partial charge < -0.3 is 0 Å². The van der Waals surface area contributed by atoms with Crippen LogP contribution in [-0.2, 0) is 0 Å². The van der Waals surface area contributed by atoms with E-state index in [0.29, 0.717) is 0 Å². The molecule has 0 aromatic rings. The van der Waals surface area contributed by atoms with E-state index in [0.717, 1.165) is 6.04 Å². The van der Waals surface area contributed by atoms with Crippen molar-refractivity contribution in [3.63, 3.8) is 0 Å². The molecule has 0 rings (SSSR count). The summed E-state index contributed by atoms with van der Waals surface area (Å²) < 4.78 is 0. The summed E-state index contributed by atoms with van der Waals surface area (Å²) in [6, 6.07) is 1.12. The topological polar surface area (TPSA) is 0 Å². The van der Waals surface area contributed by atoms with Crippen molar-refractivity contribution in [1.82, 2.24) is 0 Å². The molecule has 0 unspecified atom stereocenters. The first-order valence-electron chi connectivity index (χ1n) is 3.92. The molecule has 61 valence electrons. The number of hydrogen-bond donors (Lipinski definition) is 0. The van der Waals surface area contributed by atoms with Crippen LogP contribution in [0.15, 0.2) is 12.7 Å². The van der Waals surface area contributed by atoms with Gasteiger partial charge in [-0.25, -0.2) is 0 Å². The average Bonchev–Trinajstić information content (AvgIpc) is 1.84. The summed E-state index contributed by atoms with van der Waals surface area (Å²) in [6.07, 6.45) is 2.00. The van der Waals surface area contributed by atoms with E-state index in [1.54, 1.807) is 0 Å². The lowest BCUT2D eigenvalue weighted by Crippen LogP contribution is -2.22. The van der Waals surface area contributed by atoms with Gasteiger partial charge in [-0.05, 0) is 6.04 Å². The zero-order valence-corrected chi connectivity index (χ0v) is 9.99. The Bertz CT molecular complexity index is 181. The third kappa shape index (κ3) is 6.14. The molecular weight excluding hydrogens is 164 g/mol. The Hall–Kier alpha value is -0.266. The molecule has 0 atom stereocenters. The van der Waals surface area contributed by atoms with Gasteiger partial charge in [-0.1, -0.05) is 32.3 Å². The van der Waals surface area contributed by atoms with Crippen molar-refractivity contribution >= 4 is 16.9 Å². The Balaban J connectivity index is 4.12. The van der Waals surface area contributed by atoms with Gasteiger partial charge in [0.25, 0.3) is 0 Å². The average molecular weight is 181 g/mol. The molecule has 0 aliphatic rings. The van der Waals surface area contributed by atoms with Gasteiger partial charge in [0.15, 0.2) is 0 Å². The van der Waals surface area contributed by atoms with Crippen LogP contribution in [0.5, 0.6) is 0 Å². The van der Waals surface area contributed by atoms with Crippen molar-refractivity contribution in [2.45, 2.75) is 32.2 Å². The molecule has 0 heterocycles. The minimum Gasteiger partial charge on any atom is -0.141 e. The molecule has 1 radical (unpaired) electrons. The zero-order valence-electron chi connectivity index (χ0n) is 7.99. The smallest absolute Gasteiger partial charge is 0.137 e. The van der Waals surface area contributed by atoms with Crippen LogP contribution in [-0.4, -0.2) is 16.9 Å². The largest absolute Gasteiger partial charge is 0.141 e. The fourth-order valence-electron chi connectivity index (χ4n) is 0.706. The summed E-state index contributed by atoms with van der Waals surface area (Å²) >= 11 is 0. The maximum atomic E-state index is 3.75. The van der Waals surface area contributed by atoms with Crippen molar-refractivity contribution < 1.29 is 0 Å². The molecule has 0 saturated heterocycles. The Labute approximate surface area is 73.3 Å². The van der Waals surface area contributed by atoms with E-state index in [4.69, 9.17) is 0 Å². The number of allylic oxidation sites excluding steroid dienone is 1. The maximum Gasteiger partial charge on any atom is 0.137 e. The predicted octanol–water partition coefficient (Wildman–Crippen LogP) is 2.72. The van der Waals surface area contributed by atoms with Gasteiger partial charge in [-0.3, -0.25) is 0 Å². The van der Waals surface area contributed by atoms with E-state index in [1.165, 1.54) is 0 Å². The second-order valence-corrected chi connectivity index (χ2v) is 10.3. The van der Waals surface area contributed by atoms with E-state index >= 15 is 0 Å². The second kappa shape index (κ2) is 4.58. The normalized spacial score (nSPS) is 10.6. The molecule has 0 bridgehead atoms. The number of rotatable bonds is 2. The molecule has 0 fully saturated rings. The molecule has 0 aromatic heterocycles. The highest BCUT2D eigenvalue weighted by Crippen LogP contribution is 2.07. The second-order valence-electron chi connectivity index (χ2n) is 3.63. The maximum absolute atomic E-state index is 3.75. The van der Waals surface area contributed by atoms with Crippen molar-refractivity contribution in [2.24, 2.45) is 0 Å². The highest BCUT2D eigenvalue weighted by molar-refractivity contribution is 6.86. The van der Waals surface area contributed by atoms with Gasteiger partial charge in [0, 0.05) is 0 Å². The highest BCUT2D eigenvalue weighted by Gasteiger charge is 2.14. The van der Waals surface area contributed by atoms with Crippen LogP contribution < -0.4 is 0 Å². The van der Waals surface area contributed by atoms with Crippen LogP contribution in [0.25, 0.3) is 0 Å². The summed E-state index contributed by atoms with van der Waals surface area (Å²) in [5.41, 5.74) is 6.76. The van der Waals surface area contributed by atoms with E-state index in [1.807, 2.05) is 6.08 Å². The van der Waals surface area contributed by atoms with Crippen LogP contribution in [0.2, 0.25) is 32.2 Å². The first kappa shape index (κ1) is 10.7. The van der Waals surface area contributed by atoms with Crippen molar-refractivity contribution in [1.29, 1.82) is 0 Å². The van der Waals surface area contributed by atoms with Gasteiger partial charge >= 0.3 is 0 Å². The summed E-state index contributed by atoms with van der Waals surface area (Å²) in [5, 5.41) is 0. The van der Waals surface area contributed by atoms with Gasteiger partial charge in [0.1, 0.15) is 16.9 Å². The van der Waals surface area contributed by atoms with Crippen molar-refractivity contribution in [3.05, 3.63) is 12.7 Å². The van der Waals surface area contributed by atoms with E-state index < -0.39 is 8.07 Å². The molecular formula is C9H17Si2. The molecule has 0 amide bonds. The summed E-state index contributed by atoms with van der Waals surface area (Å²) in [7, 11) is -1.57. The minimum atomic E-state index is -1.22. The number of hydrogen-bond acceptors (Lipinski definition) is 0. The molecule has 0 aliphatic carbocycles. The van der Waals surface area contributed by atoms with Crippen LogP contribution >= 0.6 is 0 Å². The van der Waals surface area contributed by atoms with Gasteiger partial charge in [-0.2, -0.15) is 0 Å². The third-order valence-corrected chi connectivity index (χ3v) is 4.29. The quantitative estimate of drug-likeness (QED) is 0.349. The third-order valence-electron chi connectivity index (χ3n) is 1.31. The fraction of sp³-hybridized carbons (Fsp3) is 0.556. The van der Waals surface area contributed by atoms with E-state index in [-0.39, 0.29) is 8.80 Å². The fourth-order valence-corrected chi connectivity index (χ4v) is 3.88. The molecule has 0 nitrogen and oxygen atoms in total. The standard InChI is InChI=1S/C9H17Si2/c1-6-8-11(4,5)9-7-10(2)3/h6H,1,8H2,2-5H3. The molecule has 0 aromatic carbocycles.